The fourth-order valence-electron chi connectivity index (χ4n) is 1.90. The Morgan fingerprint density at radius 1 is 1.18 bits per heavy atom. The average Bonchev–Trinajstić information content (AvgIpc) is 2.54. The molecule has 0 unspecified atom stereocenters. The van der Waals surface area contributed by atoms with E-state index in [1.54, 1.807) is 18.2 Å². The van der Waals surface area contributed by atoms with Crippen LogP contribution >= 0.6 is 0 Å². The van der Waals surface area contributed by atoms with Gasteiger partial charge in [-0.1, -0.05) is 12.1 Å². The predicted octanol–water partition coefficient (Wildman–Crippen LogP) is 2.46. The van der Waals surface area contributed by atoms with Crippen molar-refractivity contribution in [3.8, 4) is 5.75 Å². The van der Waals surface area contributed by atoms with Crippen LogP contribution in [0.15, 0.2) is 42.5 Å². The summed E-state index contributed by atoms with van der Waals surface area (Å²) in [6.07, 6.45) is 0.654. The Labute approximate surface area is 126 Å². The first-order valence-electron chi connectivity index (χ1n) is 6.33. The van der Waals surface area contributed by atoms with Crippen LogP contribution in [0.5, 0.6) is 5.75 Å². The molecule has 0 saturated carbocycles. The number of amides is 1. The molecular weight excluding hydrogens is 286 g/mol. The largest absolute Gasteiger partial charge is 0.496 e. The molecule has 2 rings (SSSR count). The average molecular weight is 299 g/mol. The molecule has 0 bridgehead atoms. The van der Waals surface area contributed by atoms with Crippen LogP contribution in [-0.2, 0) is 0 Å². The lowest BCUT2D eigenvalue weighted by molar-refractivity contribution is 0.0693. The first kappa shape index (κ1) is 15.2. The van der Waals surface area contributed by atoms with Gasteiger partial charge >= 0.3 is 5.97 Å². The summed E-state index contributed by atoms with van der Waals surface area (Å²) in [4.78, 5) is 33.8. The van der Waals surface area contributed by atoms with Crippen LogP contribution in [0.4, 0.5) is 5.69 Å². The van der Waals surface area contributed by atoms with Crippen molar-refractivity contribution in [2.45, 2.75) is 0 Å². The van der Waals surface area contributed by atoms with Crippen molar-refractivity contribution in [2.75, 3.05) is 12.4 Å². The standard InChI is InChI=1S/C16H13NO5/c1-22-14-8-12(5-6-13(14)16(20)21)17-15(19)11-4-2-3-10(7-11)9-18/h2-9H,1H3,(H,17,19)(H,20,21). The van der Waals surface area contributed by atoms with Crippen LogP contribution in [0.1, 0.15) is 31.1 Å². The molecule has 0 fully saturated rings. The number of aldehydes is 1. The molecule has 112 valence electrons. The van der Waals surface area contributed by atoms with E-state index >= 15 is 0 Å². The molecule has 6 nitrogen and oxygen atoms in total. The van der Waals surface area contributed by atoms with Gasteiger partial charge in [0, 0.05) is 22.9 Å². The minimum atomic E-state index is -1.12. The summed E-state index contributed by atoms with van der Waals surface area (Å²) in [7, 11) is 1.35. The first-order chi connectivity index (χ1) is 10.5. The van der Waals surface area contributed by atoms with Crippen LogP contribution in [0, 0.1) is 0 Å². The zero-order valence-corrected chi connectivity index (χ0v) is 11.7. The zero-order valence-electron chi connectivity index (χ0n) is 11.7. The lowest BCUT2D eigenvalue weighted by Gasteiger charge is -2.09. The molecule has 0 aliphatic heterocycles. The van der Waals surface area contributed by atoms with Crippen molar-refractivity contribution >= 4 is 23.9 Å². The lowest BCUT2D eigenvalue weighted by atomic mass is 10.1. The van der Waals surface area contributed by atoms with Crippen molar-refractivity contribution in [3.05, 3.63) is 59.2 Å². The van der Waals surface area contributed by atoms with Crippen LogP contribution in [0.25, 0.3) is 0 Å². The molecular formula is C16H13NO5. The first-order valence-corrected chi connectivity index (χ1v) is 6.33. The quantitative estimate of drug-likeness (QED) is 0.827. The van der Waals surface area contributed by atoms with Gasteiger partial charge in [-0.2, -0.15) is 0 Å². The van der Waals surface area contributed by atoms with E-state index < -0.39 is 11.9 Å². The fraction of sp³-hybridized carbons (Fsp3) is 0.0625. The molecule has 0 aliphatic carbocycles. The monoisotopic (exact) mass is 299 g/mol. The molecule has 0 aliphatic rings. The fourth-order valence-corrected chi connectivity index (χ4v) is 1.90. The molecule has 2 aromatic carbocycles. The normalized spacial score (nSPS) is 9.86. The SMILES string of the molecule is COc1cc(NC(=O)c2cccc(C=O)c2)ccc1C(=O)O. The van der Waals surface area contributed by atoms with Crippen LogP contribution < -0.4 is 10.1 Å². The Kier molecular flexibility index (Phi) is 4.53. The van der Waals surface area contributed by atoms with Gasteiger partial charge < -0.3 is 15.2 Å². The van der Waals surface area contributed by atoms with Crippen molar-refractivity contribution in [1.29, 1.82) is 0 Å². The summed E-state index contributed by atoms with van der Waals surface area (Å²) in [5, 5.41) is 11.6. The summed E-state index contributed by atoms with van der Waals surface area (Å²) in [6, 6.07) is 10.5. The molecule has 0 aromatic heterocycles. The third kappa shape index (κ3) is 3.29. The second-order valence-corrected chi connectivity index (χ2v) is 4.42. The van der Waals surface area contributed by atoms with Crippen molar-refractivity contribution in [1.82, 2.24) is 0 Å². The number of carbonyl (C=O) groups excluding carboxylic acids is 2. The van der Waals surface area contributed by atoms with E-state index in [0.717, 1.165) is 0 Å². The number of carboxylic acid groups (broad SMARTS) is 1. The Bertz CT molecular complexity index is 739. The number of aromatic carboxylic acids is 1. The topological polar surface area (TPSA) is 92.7 Å². The summed E-state index contributed by atoms with van der Waals surface area (Å²) in [5.41, 5.74) is 1.11. The van der Waals surface area contributed by atoms with Gasteiger partial charge in [0.2, 0.25) is 0 Å². The Hall–Kier alpha value is -3.15. The van der Waals surface area contributed by atoms with Crippen LogP contribution in [0.3, 0.4) is 0 Å². The van der Waals surface area contributed by atoms with Gasteiger partial charge in [-0.25, -0.2) is 4.79 Å². The molecule has 22 heavy (non-hydrogen) atoms. The molecule has 0 spiro atoms. The van der Waals surface area contributed by atoms with Gasteiger partial charge in [-0.05, 0) is 24.3 Å². The highest BCUT2D eigenvalue weighted by molar-refractivity contribution is 6.05. The number of hydrogen-bond acceptors (Lipinski definition) is 4. The number of rotatable bonds is 5. The highest BCUT2D eigenvalue weighted by Crippen LogP contribution is 2.23. The van der Waals surface area contributed by atoms with Crippen molar-refractivity contribution in [3.63, 3.8) is 0 Å². The van der Waals surface area contributed by atoms with E-state index in [1.807, 2.05) is 0 Å². The van der Waals surface area contributed by atoms with Gasteiger partial charge in [0.25, 0.3) is 5.91 Å². The van der Waals surface area contributed by atoms with E-state index in [1.165, 1.54) is 31.4 Å². The number of anilines is 1. The van der Waals surface area contributed by atoms with E-state index in [2.05, 4.69) is 5.32 Å². The van der Waals surface area contributed by atoms with Gasteiger partial charge in [-0.3, -0.25) is 9.59 Å². The van der Waals surface area contributed by atoms with Gasteiger partial charge in [0.15, 0.2) is 0 Å². The molecule has 0 heterocycles. The van der Waals surface area contributed by atoms with Gasteiger partial charge in [0.1, 0.15) is 17.6 Å². The van der Waals surface area contributed by atoms with E-state index in [-0.39, 0.29) is 11.3 Å². The number of ether oxygens (including phenoxy) is 1. The summed E-state index contributed by atoms with van der Waals surface area (Å²) < 4.78 is 4.99. The second-order valence-electron chi connectivity index (χ2n) is 4.42. The molecule has 0 saturated heterocycles. The third-order valence-corrected chi connectivity index (χ3v) is 2.97. The minimum absolute atomic E-state index is 0.00320. The number of hydrogen-bond donors (Lipinski definition) is 2. The highest BCUT2D eigenvalue weighted by Gasteiger charge is 2.13. The Morgan fingerprint density at radius 2 is 1.95 bits per heavy atom. The molecule has 1 amide bonds. The number of methoxy groups -OCH3 is 1. The molecule has 6 heteroatoms. The minimum Gasteiger partial charge on any atom is -0.496 e. The number of nitrogens with one attached hydrogen (secondary N) is 1. The number of carboxylic acids is 1. The van der Waals surface area contributed by atoms with E-state index in [0.29, 0.717) is 23.1 Å². The second kappa shape index (κ2) is 6.53. The van der Waals surface area contributed by atoms with E-state index in [9.17, 15) is 14.4 Å². The predicted molar refractivity (Wildman–Crippen MR) is 79.7 cm³/mol. The highest BCUT2D eigenvalue weighted by atomic mass is 16.5. The summed E-state index contributed by atoms with van der Waals surface area (Å²) in [5.74, 6) is -1.38. The Balaban J connectivity index is 2.24. The van der Waals surface area contributed by atoms with Crippen molar-refractivity contribution < 1.29 is 24.2 Å². The van der Waals surface area contributed by atoms with E-state index in [4.69, 9.17) is 9.84 Å². The maximum absolute atomic E-state index is 12.1. The van der Waals surface area contributed by atoms with Crippen molar-refractivity contribution in [2.24, 2.45) is 0 Å². The van der Waals surface area contributed by atoms with Gasteiger partial charge in [0.05, 0.1) is 7.11 Å². The van der Waals surface area contributed by atoms with Crippen LogP contribution in [-0.4, -0.2) is 30.4 Å². The number of carbonyl (C=O) groups is 3. The lowest BCUT2D eigenvalue weighted by Crippen LogP contribution is -2.12. The maximum Gasteiger partial charge on any atom is 0.339 e. The van der Waals surface area contributed by atoms with Gasteiger partial charge in [-0.15, -0.1) is 0 Å². The zero-order chi connectivity index (χ0) is 16.1. The molecule has 0 atom stereocenters. The maximum atomic E-state index is 12.1. The summed E-state index contributed by atoms with van der Waals surface area (Å²) in [6.45, 7) is 0. The summed E-state index contributed by atoms with van der Waals surface area (Å²) >= 11 is 0. The molecule has 2 aromatic rings. The Morgan fingerprint density at radius 3 is 2.59 bits per heavy atom. The molecule has 2 N–H and O–H groups in total. The third-order valence-electron chi connectivity index (χ3n) is 2.97. The van der Waals surface area contributed by atoms with Crippen LogP contribution in [0.2, 0.25) is 0 Å². The molecule has 0 radical (unpaired) electrons. The number of benzene rings is 2. The smallest absolute Gasteiger partial charge is 0.339 e.